The Morgan fingerprint density at radius 1 is 1.16 bits per heavy atom. The van der Waals surface area contributed by atoms with Gasteiger partial charge >= 0.3 is 11.9 Å². The maximum Gasteiger partial charge on any atom is 0.322 e. The van der Waals surface area contributed by atoms with E-state index in [0.29, 0.717) is 17.4 Å². The monoisotopic (exact) mass is 446 g/mol. The number of ether oxygens (including phenoxy) is 1. The highest BCUT2D eigenvalue weighted by atomic mass is 16.5. The summed E-state index contributed by atoms with van der Waals surface area (Å²) in [5.74, 6) is -4.25. The molecule has 2 aliphatic rings. The Hall–Kier alpha value is -2.12. The zero-order valence-electron chi connectivity index (χ0n) is 19.6. The topological polar surface area (TPSA) is 99.1 Å². The van der Waals surface area contributed by atoms with E-state index >= 15 is 0 Å². The number of benzene rings is 1. The number of hydrogen-bond donors (Lipinski definition) is 3. The molecule has 32 heavy (non-hydrogen) atoms. The molecule has 0 radical (unpaired) electrons. The van der Waals surface area contributed by atoms with Crippen LogP contribution in [0.1, 0.15) is 75.8 Å². The van der Waals surface area contributed by atoms with Gasteiger partial charge in [0.25, 0.3) is 0 Å². The normalized spacial score (nSPS) is 25.1. The van der Waals surface area contributed by atoms with Gasteiger partial charge in [0.1, 0.15) is 0 Å². The molecule has 1 heterocycles. The largest absolute Gasteiger partial charge is 0.480 e. The third-order valence-corrected chi connectivity index (χ3v) is 7.20. The van der Waals surface area contributed by atoms with E-state index < -0.39 is 17.9 Å². The fourth-order valence-electron chi connectivity index (χ4n) is 5.18. The Balaban J connectivity index is 1.60. The summed E-state index contributed by atoms with van der Waals surface area (Å²) in [4.78, 5) is 25.8. The quantitative estimate of drug-likeness (QED) is 0.488. The van der Waals surface area contributed by atoms with Crippen molar-refractivity contribution in [1.82, 2.24) is 4.90 Å². The minimum atomic E-state index is -1.57. The number of rotatable bonds is 9. The highest BCUT2D eigenvalue weighted by Crippen LogP contribution is 2.37. The molecule has 0 atom stereocenters. The molecular formula is C25H38N2O5. The molecule has 0 amide bonds. The number of aliphatic carboxylic acids is 2. The molecule has 1 aliphatic heterocycles. The van der Waals surface area contributed by atoms with E-state index in [2.05, 4.69) is 24.1 Å². The average Bonchev–Trinajstić information content (AvgIpc) is 2.75. The fourth-order valence-corrected chi connectivity index (χ4v) is 5.18. The molecule has 7 nitrogen and oxygen atoms in total. The van der Waals surface area contributed by atoms with Crippen molar-refractivity contribution in [3.05, 3.63) is 29.3 Å². The third-order valence-electron chi connectivity index (χ3n) is 7.20. The average molecular weight is 447 g/mol. The van der Waals surface area contributed by atoms with Crippen LogP contribution in [0, 0.1) is 6.92 Å². The van der Waals surface area contributed by atoms with Crippen molar-refractivity contribution in [2.45, 2.75) is 89.3 Å². The van der Waals surface area contributed by atoms with Gasteiger partial charge in [-0.05, 0) is 70.4 Å². The van der Waals surface area contributed by atoms with Gasteiger partial charge in [0.05, 0.1) is 6.10 Å². The van der Waals surface area contributed by atoms with Crippen LogP contribution in [0.15, 0.2) is 18.2 Å². The first-order chi connectivity index (χ1) is 15.2. The molecule has 7 heteroatoms. The zero-order valence-corrected chi connectivity index (χ0v) is 19.6. The van der Waals surface area contributed by atoms with Crippen LogP contribution < -0.4 is 5.32 Å². The second-order valence-electron chi connectivity index (χ2n) is 9.67. The van der Waals surface area contributed by atoms with Crippen LogP contribution in [0.25, 0.3) is 0 Å². The van der Waals surface area contributed by atoms with Crippen LogP contribution in [0.2, 0.25) is 0 Å². The standard InChI is InChI=1S/C25H38N2O5/c1-4-15-32-19-7-11-25(3,12-8-19)27-13-9-18(10-14-27)26-21-16-17(2)5-6-20(21)22(23(28)29)24(30)31/h5-6,16,18-19,22,26H,4,7-15H2,1-3H3,(H,28,29)(H,30,31). The van der Waals surface area contributed by atoms with Gasteiger partial charge in [-0.2, -0.15) is 0 Å². The molecule has 3 rings (SSSR count). The molecule has 0 unspecified atom stereocenters. The van der Waals surface area contributed by atoms with E-state index in [1.165, 1.54) is 0 Å². The second kappa shape index (κ2) is 10.7. The van der Waals surface area contributed by atoms with E-state index in [4.69, 9.17) is 4.74 Å². The number of nitrogens with one attached hydrogen (secondary N) is 1. The summed E-state index contributed by atoms with van der Waals surface area (Å²) in [5.41, 5.74) is 2.12. The molecule has 0 bridgehead atoms. The van der Waals surface area contributed by atoms with E-state index in [0.717, 1.165) is 70.2 Å². The van der Waals surface area contributed by atoms with E-state index in [9.17, 15) is 19.8 Å². The first-order valence-corrected chi connectivity index (χ1v) is 11.9. The van der Waals surface area contributed by atoms with Crippen molar-refractivity contribution in [2.24, 2.45) is 0 Å². The number of piperidine rings is 1. The van der Waals surface area contributed by atoms with Gasteiger partial charge in [0.2, 0.25) is 0 Å². The number of carboxylic acid groups (broad SMARTS) is 2. The van der Waals surface area contributed by atoms with Crippen LogP contribution in [0.3, 0.4) is 0 Å². The molecule has 178 valence electrons. The minimum Gasteiger partial charge on any atom is -0.480 e. The lowest BCUT2D eigenvalue weighted by atomic mass is 9.79. The lowest BCUT2D eigenvalue weighted by Crippen LogP contribution is -2.54. The molecule has 0 spiro atoms. The summed E-state index contributed by atoms with van der Waals surface area (Å²) in [5, 5.41) is 22.4. The first kappa shape index (κ1) is 24.5. The number of carbonyl (C=O) groups is 2. The second-order valence-corrected chi connectivity index (χ2v) is 9.67. The number of carboxylic acids is 2. The van der Waals surface area contributed by atoms with Crippen molar-refractivity contribution >= 4 is 17.6 Å². The zero-order chi connectivity index (χ0) is 23.3. The van der Waals surface area contributed by atoms with Crippen LogP contribution in [-0.2, 0) is 14.3 Å². The van der Waals surface area contributed by atoms with Gasteiger partial charge in [-0.1, -0.05) is 19.1 Å². The number of likely N-dealkylation sites (tertiary alicyclic amines) is 1. The Bertz CT molecular complexity index is 782. The van der Waals surface area contributed by atoms with Crippen LogP contribution in [0.5, 0.6) is 0 Å². The van der Waals surface area contributed by atoms with Gasteiger partial charge in [0.15, 0.2) is 5.92 Å². The van der Waals surface area contributed by atoms with Crippen molar-refractivity contribution in [2.75, 3.05) is 25.0 Å². The van der Waals surface area contributed by atoms with Crippen molar-refractivity contribution in [3.63, 3.8) is 0 Å². The van der Waals surface area contributed by atoms with Gasteiger partial charge in [-0.25, -0.2) is 0 Å². The third kappa shape index (κ3) is 5.81. The predicted octanol–water partition coefficient (Wildman–Crippen LogP) is 4.25. The molecule has 1 saturated heterocycles. The van der Waals surface area contributed by atoms with Gasteiger partial charge < -0.3 is 20.3 Å². The summed E-state index contributed by atoms with van der Waals surface area (Å²) < 4.78 is 5.96. The smallest absolute Gasteiger partial charge is 0.322 e. The molecule has 1 aromatic carbocycles. The maximum atomic E-state index is 11.6. The van der Waals surface area contributed by atoms with E-state index in [1.54, 1.807) is 12.1 Å². The molecule has 1 aliphatic carbocycles. The fraction of sp³-hybridized carbons (Fsp3) is 0.680. The molecular weight excluding hydrogens is 408 g/mol. The summed E-state index contributed by atoms with van der Waals surface area (Å²) in [6, 6.07) is 5.45. The highest BCUT2D eigenvalue weighted by molar-refractivity contribution is 6.00. The molecule has 1 saturated carbocycles. The van der Waals surface area contributed by atoms with Crippen LogP contribution in [0.4, 0.5) is 5.69 Å². The number of anilines is 1. The Morgan fingerprint density at radius 3 is 2.34 bits per heavy atom. The van der Waals surface area contributed by atoms with Crippen molar-refractivity contribution in [1.29, 1.82) is 0 Å². The number of aryl methyl sites for hydroxylation is 1. The summed E-state index contributed by atoms with van der Waals surface area (Å²) in [6.07, 6.45) is 7.91. The summed E-state index contributed by atoms with van der Waals surface area (Å²) in [7, 11) is 0. The highest BCUT2D eigenvalue weighted by Gasteiger charge is 2.38. The molecule has 1 aromatic rings. The van der Waals surface area contributed by atoms with Crippen LogP contribution >= 0.6 is 0 Å². The minimum absolute atomic E-state index is 0.197. The molecule has 0 aromatic heterocycles. The summed E-state index contributed by atoms with van der Waals surface area (Å²) in [6.45, 7) is 9.27. The van der Waals surface area contributed by atoms with Crippen molar-refractivity contribution < 1.29 is 24.5 Å². The first-order valence-electron chi connectivity index (χ1n) is 11.9. The lowest BCUT2D eigenvalue weighted by molar-refractivity contribution is -0.150. The van der Waals surface area contributed by atoms with Crippen molar-refractivity contribution in [3.8, 4) is 0 Å². The summed E-state index contributed by atoms with van der Waals surface area (Å²) >= 11 is 0. The maximum absolute atomic E-state index is 11.6. The SMILES string of the molecule is CCCOC1CCC(C)(N2CCC(Nc3cc(C)ccc3C(C(=O)O)C(=O)O)CC2)CC1. The van der Waals surface area contributed by atoms with Crippen LogP contribution in [-0.4, -0.2) is 64.4 Å². The Labute approximate surface area is 191 Å². The van der Waals surface area contributed by atoms with Gasteiger partial charge in [0, 0.05) is 42.5 Å². The molecule has 3 N–H and O–H groups in total. The Morgan fingerprint density at radius 2 is 1.78 bits per heavy atom. The van der Waals surface area contributed by atoms with E-state index in [-0.39, 0.29) is 11.6 Å². The predicted molar refractivity (Wildman–Crippen MR) is 124 cm³/mol. The number of nitrogens with zero attached hydrogens (tertiary/aromatic N) is 1. The van der Waals surface area contributed by atoms with Gasteiger partial charge in [-0.3, -0.25) is 14.5 Å². The lowest BCUT2D eigenvalue weighted by Gasteiger charge is -2.48. The van der Waals surface area contributed by atoms with E-state index in [1.807, 2.05) is 13.0 Å². The Kier molecular flexibility index (Phi) is 8.17. The van der Waals surface area contributed by atoms with Gasteiger partial charge in [-0.15, -0.1) is 0 Å². The molecule has 2 fully saturated rings. The number of hydrogen-bond acceptors (Lipinski definition) is 5.